The number of carbonyl (C=O) groups is 1. The van der Waals surface area contributed by atoms with Crippen molar-refractivity contribution in [2.75, 3.05) is 0 Å². The van der Waals surface area contributed by atoms with Gasteiger partial charge in [-0.25, -0.2) is 17.9 Å². The number of nitrogens with one attached hydrogen (secondary N) is 1. The van der Waals surface area contributed by atoms with Gasteiger partial charge in [0.2, 0.25) is 10.0 Å². The first-order valence-corrected chi connectivity index (χ1v) is 8.68. The lowest BCUT2D eigenvalue weighted by Gasteiger charge is -2.05. The van der Waals surface area contributed by atoms with Crippen LogP contribution in [0.25, 0.3) is 0 Å². The maximum absolute atomic E-state index is 12.2. The fraction of sp³-hybridized carbons (Fsp3) is 0.182. The molecule has 2 rings (SSSR count). The van der Waals surface area contributed by atoms with E-state index in [1.807, 2.05) is 0 Å². The van der Waals surface area contributed by atoms with Crippen LogP contribution >= 0.6 is 27.3 Å². The Kier molecular flexibility index (Phi) is 4.71. The zero-order valence-electron chi connectivity index (χ0n) is 10.7. The zero-order valence-corrected chi connectivity index (χ0v) is 13.9. The Bertz CT molecular complexity index is 771. The summed E-state index contributed by atoms with van der Waals surface area (Å²) < 4.78 is 26.9. The number of aromatic carboxylic acids is 1. The standard InChI is InChI=1S/C11H10BrN3O4S2/c1-6-3-14-7(4-13-6)5-15-21(18,19)9-2-8(11(16)17)20-10(9)12/h2-4,15H,5H2,1H3,(H,16,17). The first-order chi connectivity index (χ1) is 9.79. The molecule has 7 nitrogen and oxygen atoms in total. The van der Waals surface area contributed by atoms with E-state index in [1.54, 1.807) is 6.92 Å². The summed E-state index contributed by atoms with van der Waals surface area (Å²) in [6.45, 7) is 1.75. The molecule has 2 aromatic heterocycles. The van der Waals surface area contributed by atoms with Crippen LogP contribution in [-0.2, 0) is 16.6 Å². The maximum Gasteiger partial charge on any atom is 0.345 e. The molecule has 2 aromatic rings. The van der Waals surface area contributed by atoms with E-state index in [0.717, 1.165) is 23.1 Å². The average molecular weight is 392 g/mol. The topological polar surface area (TPSA) is 109 Å². The molecule has 2 N–H and O–H groups in total. The predicted molar refractivity (Wildman–Crippen MR) is 79.8 cm³/mol. The van der Waals surface area contributed by atoms with Gasteiger partial charge in [-0.15, -0.1) is 11.3 Å². The van der Waals surface area contributed by atoms with Gasteiger partial charge < -0.3 is 5.11 Å². The monoisotopic (exact) mass is 391 g/mol. The largest absolute Gasteiger partial charge is 0.477 e. The SMILES string of the molecule is Cc1cnc(CNS(=O)(=O)c2cc(C(=O)O)sc2Br)cn1. The van der Waals surface area contributed by atoms with Crippen LogP contribution in [0.2, 0.25) is 0 Å². The quantitative estimate of drug-likeness (QED) is 0.803. The molecule has 10 heteroatoms. The van der Waals surface area contributed by atoms with Gasteiger partial charge in [0.1, 0.15) is 9.77 Å². The lowest BCUT2D eigenvalue weighted by Crippen LogP contribution is -2.23. The highest BCUT2D eigenvalue weighted by atomic mass is 79.9. The summed E-state index contributed by atoms with van der Waals surface area (Å²) in [7, 11) is -3.83. The highest BCUT2D eigenvalue weighted by Crippen LogP contribution is 2.31. The third-order valence-electron chi connectivity index (χ3n) is 2.43. The molecule has 0 aromatic carbocycles. The molecule has 0 radical (unpaired) electrons. The van der Waals surface area contributed by atoms with Crippen LogP contribution in [-0.4, -0.2) is 29.5 Å². The van der Waals surface area contributed by atoms with E-state index >= 15 is 0 Å². The van der Waals surface area contributed by atoms with Gasteiger partial charge in [0, 0.05) is 6.20 Å². The van der Waals surface area contributed by atoms with Gasteiger partial charge in [-0.3, -0.25) is 9.97 Å². The van der Waals surface area contributed by atoms with Gasteiger partial charge in [0.05, 0.1) is 27.9 Å². The first-order valence-electron chi connectivity index (χ1n) is 5.59. The molecule has 0 unspecified atom stereocenters. The predicted octanol–water partition coefficient (Wildman–Crippen LogP) is 1.79. The molecular weight excluding hydrogens is 382 g/mol. The molecule has 0 spiro atoms. The molecule has 0 atom stereocenters. The molecule has 0 aliphatic carbocycles. The first kappa shape index (κ1) is 16.0. The molecule has 0 saturated carbocycles. The number of rotatable bonds is 5. The highest BCUT2D eigenvalue weighted by molar-refractivity contribution is 9.11. The minimum Gasteiger partial charge on any atom is -0.477 e. The minimum atomic E-state index is -3.83. The normalized spacial score (nSPS) is 11.5. The van der Waals surface area contributed by atoms with Gasteiger partial charge in [-0.2, -0.15) is 0 Å². The number of aryl methyl sites for hydroxylation is 1. The van der Waals surface area contributed by atoms with E-state index in [4.69, 9.17) is 5.11 Å². The number of hydrogen-bond acceptors (Lipinski definition) is 6. The summed E-state index contributed by atoms with van der Waals surface area (Å²) in [5.74, 6) is -1.17. The smallest absolute Gasteiger partial charge is 0.345 e. The van der Waals surface area contributed by atoms with Crippen LogP contribution in [0.4, 0.5) is 0 Å². The van der Waals surface area contributed by atoms with E-state index in [-0.39, 0.29) is 20.1 Å². The molecule has 112 valence electrons. The summed E-state index contributed by atoms with van der Waals surface area (Å²) in [4.78, 5) is 18.7. The number of sulfonamides is 1. The Morgan fingerprint density at radius 3 is 2.67 bits per heavy atom. The lowest BCUT2D eigenvalue weighted by atomic mass is 10.4. The second-order valence-corrected chi connectivity index (χ2v) is 8.13. The number of carboxylic acids is 1. The second kappa shape index (κ2) is 6.18. The fourth-order valence-corrected chi connectivity index (χ4v) is 4.80. The van der Waals surface area contributed by atoms with Crippen molar-refractivity contribution in [2.24, 2.45) is 0 Å². The summed E-state index contributed by atoms with van der Waals surface area (Å²) in [5.41, 5.74) is 1.20. The third kappa shape index (κ3) is 3.84. The van der Waals surface area contributed by atoms with Crippen molar-refractivity contribution in [1.82, 2.24) is 14.7 Å². The molecular formula is C11H10BrN3O4S2. The number of hydrogen-bond donors (Lipinski definition) is 2. The fourth-order valence-electron chi connectivity index (χ4n) is 1.40. The summed E-state index contributed by atoms with van der Waals surface area (Å²) in [6.07, 6.45) is 3.01. The van der Waals surface area contributed by atoms with Gasteiger partial charge in [0.25, 0.3) is 0 Å². The van der Waals surface area contributed by atoms with Gasteiger partial charge in [-0.05, 0) is 28.9 Å². The molecule has 21 heavy (non-hydrogen) atoms. The zero-order chi connectivity index (χ0) is 15.6. The van der Waals surface area contributed by atoms with Crippen LogP contribution in [0.15, 0.2) is 27.1 Å². The van der Waals surface area contributed by atoms with Crippen molar-refractivity contribution in [3.63, 3.8) is 0 Å². The van der Waals surface area contributed by atoms with E-state index in [0.29, 0.717) is 5.69 Å². The van der Waals surface area contributed by atoms with E-state index in [1.165, 1.54) is 12.4 Å². The highest BCUT2D eigenvalue weighted by Gasteiger charge is 2.23. The van der Waals surface area contributed by atoms with Crippen LogP contribution in [0.3, 0.4) is 0 Å². The third-order valence-corrected chi connectivity index (χ3v) is 6.07. The lowest BCUT2D eigenvalue weighted by molar-refractivity contribution is 0.0702. The van der Waals surface area contributed by atoms with E-state index < -0.39 is 16.0 Å². The number of carboxylic acid groups (broad SMARTS) is 1. The molecule has 0 saturated heterocycles. The Morgan fingerprint density at radius 1 is 1.43 bits per heavy atom. The average Bonchev–Trinajstić information content (AvgIpc) is 2.81. The van der Waals surface area contributed by atoms with Crippen LogP contribution in [0, 0.1) is 6.92 Å². The van der Waals surface area contributed by atoms with E-state index in [2.05, 4.69) is 30.6 Å². The summed E-state index contributed by atoms with van der Waals surface area (Å²) in [5, 5.41) is 8.88. The van der Waals surface area contributed by atoms with E-state index in [9.17, 15) is 13.2 Å². The Morgan fingerprint density at radius 2 is 2.14 bits per heavy atom. The van der Waals surface area contributed by atoms with Crippen molar-refractivity contribution in [1.29, 1.82) is 0 Å². The van der Waals surface area contributed by atoms with Crippen LogP contribution in [0.5, 0.6) is 0 Å². The van der Waals surface area contributed by atoms with Crippen LogP contribution < -0.4 is 4.72 Å². The Labute approximate surface area is 133 Å². The summed E-state index contributed by atoms with van der Waals surface area (Å²) >= 11 is 3.91. The van der Waals surface area contributed by atoms with Crippen molar-refractivity contribution >= 4 is 43.3 Å². The molecule has 0 amide bonds. The second-order valence-electron chi connectivity index (χ2n) is 4.03. The summed E-state index contributed by atoms with van der Waals surface area (Å²) in [6, 6.07) is 1.11. The molecule has 0 aliphatic heterocycles. The van der Waals surface area contributed by atoms with Crippen LogP contribution in [0.1, 0.15) is 21.1 Å². The van der Waals surface area contributed by atoms with Gasteiger partial charge in [0.15, 0.2) is 0 Å². The molecule has 0 fully saturated rings. The van der Waals surface area contributed by atoms with Crippen molar-refractivity contribution in [2.45, 2.75) is 18.4 Å². The maximum atomic E-state index is 12.2. The van der Waals surface area contributed by atoms with Crippen molar-refractivity contribution in [3.8, 4) is 0 Å². The molecule has 2 heterocycles. The van der Waals surface area contributed by atoms with Crippen molar-refractivity contribution in [3.05, 3.63) is 38.5 Å². The Hall–Kier alpha value is -1.36. The Balaban J connectivity index is 2.18. The minimum absolute atomic E-state index is 0.0275. The van der Waals surface area contributed by atoms with Gasteiger partial charge in [-0.1, -0.05) is 0 Å². The molecule has 0 aliphatic rings. The van der Waals surface area contributed by atoms with Gasteiger partial charge >= 0.3 is 5.97 Å². The molecule has 0 bridgehead atoms. The number of aromatic nitrogens is 2. The number of thiophene rings is 1. The van der Waals surface area contributed by atoms with Crippen molar-refractivity contribution < 1.29 is 18.3 Å². The number of halogens is 1. The number of nitrogens with zero attached hydrogens (tertiary/aromatic N) is 2.